The van der Waals surface area contributed by atoms with Gasteiger partial charge in [0.05, 0.1) is 0 Å². The third-order valence-electron chi connectivity index (χ3n) is 5.29. The Bertz CT molecular complexity index is 254. The standard InChI is InChI=1S/C17H34N2/c1-14(13-15-9-5-4-8-12-18-15)19-16-10-6-7-11-17(16,2)3/h14-16,18-19H,4-13H2,1-3H3. The Hall–Kier alpha value is -0.0800. The molecule has 0 spiro atoms. The van der Waals surface area contributed by atoms with Gasteiger partial charge in [0.2, 0.25) is 0 Å². The van der Waals surface area contributed by atoms with Crippen molar-refractivity contribution in [2.24, 2.45) is 5.41 Å². The molecule has 0 aromatic carbocycles. The van der Waals surface area contributed by atoms with E-state index in [1.165, 1.54) is 64.3 Å². The van der Waals surface area contributed by atoms with Gasteiger partial charge in [0.25, 0.3) is 0 Å². The Morgan fingerprint density at radius 3 is 2.68 bits per heavy atom. The quantitative estimate of drug-likeness (QED) is 0.807. The van der Waals surface area contributed by atoms with E-state index in [1.807, 2.05) is 0 Å². The largest absolute Gasteiger partial charge is 0.314 e. The summed E-state index contributed by atoms with van der Waals surface area (Å²) in [6.45, 7) is 8.50. The third kappa shape index (κ3) is 4.75. The molecule has 2 nitrogen and oxygen atoms in total. The average Bonchev–Trinajstić information content (AvgIpc) is 2.60. The summed E-state index contributed by atoms with van der Waals surface area (Å²) >= 11 is 0. The van der Waals surface area contributed by atoms with E-state index in [1.54, 1.807) is 0 Å². The monoisotopic (exact) mass is 266 g/mol. The second-order valence-electron chi connectivity index (χ2n) is 7.59. The topological polar surface area (TPSA) is 24.1 Å². The molecule has 1 aliphatic heterocycles. The van der Waals surface area contributed by atoms with E-state index in [4.69, 9.17) is 0 Å². The maximum atomic E-state index is 3.94. The number of hydrogen-bond donors (Lipinski definition) is 2. The Morgan fingerprint density at radius 2 is 1.89 bits per heavy atom. The van der Waals surface area contributed by atoms with E-state index in [-0.39, 0.29) is 0 Å². The fraction of sp³-hybridized carbons (Fsp3) is 1.00. The highest BCUT2D eigenvalue weighted by molar-refractivity contribution is 4.90. The summed E-state index contributed by atoms with van der Waals surface area (Å²) in [5, 5.41) is 7.67. The van der Waals surface area contributed by atoms with Crippen molar-refractivity contribution in [2.75, 3.05) is 6.54 Å². The Kier molecular flexibility index (Phi) is 5.70. The first-order chi connectivity index (χ1) is 9.08. The van der Waals surface area contributed by atoms with Crippen molar-refractivity contribution in [2.45, 2.75) is 96.7 Å². The molecule has 1 heterocycles. The maximum Gasteiger partial charge on any atom is 0.0121 e. The molecule has 112 valence electrons. The molecule has 0 radical (unpaired) electrons. The molecule has 0 aromatic rings. The summed E-state index contributed by atoms with van der Waals surface area (Å²) < 4.78 is 0. The lowest BCUT2D eigenvalue weighted by Gasteiger charge is -2.41. The lowest BCUT2D eigenvalue weighted by Crippen LogP contribution is -2.49. The minimum absolute atomic E-state index is 0.489. The Labute approximate surface area is 120 Å². The van der Waals surface area contributed by atoms with Crippen LogP contribution in [-0.4, -0.2) is 24.7 Å². The van der Waals surface area contributed by atoms with E-state index in [0.29, 0.717) is 11.5 Å². The molecule has 19 heavy (non-hydrogen) atoms. The van der Waals surface area contributed by atoms with Crippen molar-refractivity contribution in [3.8, 4) is 0 Å². The van der Waals surface area contributed by atoms with Crippen LogP contribution in [0.15, 0.2) is 0 Å². The van der Waals surface area contributed by atoms with Gasteiger partial charge in [-0.1, -0.05) is 39.5 Å². The molecule has 2 rings (SSSR count). The summed E-state index contributed by atoms with van der Waals surface area (Å²) in [7, 11) is 0. The van der Waals surface area contributed by atoms with Gasteiger partial charge in [-0.25, -0.2) is 0 Å². The molecule has 1 saturated heterocycles. The molecule has 0 aromatic heterocycles. The molecule has 2 N–H and O–H groups in total. The van der Waals surface area contributed by atoms with Gasteiger partial charge in [-0.05, 0) is 51.0 Å². The van der Waals surface area contributed by atoms with E-state index < -0.39 is 0 Å². The highest BCUT2D eigenvalue weighted by Crippen LogP contribution is 2.35. The molecule has 3 unspecified atom stereocenters. The minimum Gasteiger partial charge on any atom is -0.314 e. The zero-order chi connectivity index (χ0) is 13.7. The zero-order valence-electron chi connectivity index (χ0n) is 13.3. The van der Waals surface area contributed by atoms with Crippen LogP contribution in [0.25, 0.3) is 0 Å². The molecule has 2 aliphatic rings. The van der Waals surface area contributed by atoms with Gasteiger partial charge in [0, 0.05) is 18.1 Å². The first kappa shape index (κ1) is 15.3. The van der Waals surface area contributed by atoms with Crippen LogP contribution >= 0.6 is 0 Å². The summed E-state index contributed by atoms with van der Waals surface area (Å²) in [4.78, 5) is 0. The molecule has 2 fully saturated rings. The van der Waals surface area contributed by atoms with E-state index >= 15 is 0 Å². The fourth-order valence-electron chi connectivity index (χ4n) is 3.94. The highest BCUT2D eigenvalue weighted by Gasteiger charge is 2.32. The van der Waals surface area contributed by atoms with Crippen molar-refractivity contribution >= 4 is 0 Å². The molecular formula is C17H34N2. The normalized spacial score (nSPS) is 33.6. The lowest BCUT2D eigenvalue weighted by atomic mass is 9.73. The van der Waals surface area contributed by atoms with Gasteiger partial charge < -0.3 is 10.6 Å². The van der Waals surface area contributed by atoms with Crippen molar-refractivity contribution in [1.82, 2.24) is 10.6 Å². The zero-order valence-corrected chi connectivity index (χ0v) is 13.3. The van der Waals surface area contributed by atoms with Crippen molar-refractivity contribution in [3.05, 3.63) is 0 Å². The summed E-state index contributed by atoms with van der Waals surface area (Å²) in [6, 6.07) is 2.12. The summed E-state index contributed by atoms with van der Waals surface area (Å²) in [5.41, 5.74) is 0.489. The molecule has 2 heteroatoms. The van der Waals surface area contributed by atoms with Crippen LogP contribution < -0.4 is 10.6 Å². The number of rotatable bonds is 4. The van der Waals surface area contributed by atoms with Crippen molar-refractivity contribution < 1.29 is 0 Å². The molecular weight excluding hydrogens is 232 g/mol. The lowest BCUT2D eigenvalue weighted by molar-refractivity contribution is 0.153. The summed E-state index contributed by atoms with van der Waals surface area (Å²) in [6.07, 6.45) is 12.5. The van der Waals surface area contributed by atoms with Crippen LogP contribution in [0.4, 0.5) is 0 Å². The smallest absolute Gasteiger partial charge is 0.0121 e. The first-order valence-electron chi connectivity index (χ1n) is 8.57. The average molecular weight is 266 g/mol. The summed E-state index contributed by atoms with van der Waals surface area (Å²) in [5.74, 6) is 0. The molecule has 1 saturated carbocycles. The highest BCUT2D eigenvalue weighted by atomic mass is 15.0. The van der Waals surface area contributed by atoms with E-state index in [9.17, 15) is 0 Å². The first-order valence-corrected chi connectivity index (χ1v) is 8.57. The SMILES string of the molecule is CC(CC1CCCCCN1)NC1CCCCC1(C)C. The second-order valence-corrected chi connectivity index (χ2v) is 7.59. The van der Waals surface area contributed by atoms with Crippen LogP contribution in [-0.2, 0) is 0 Å². The van der Waals surface area contributed by atoms with Crippen LogP contribution in [0.5, 0.6) is 0 Å². The van der Waals surface area contributed by atoms with E-state index in [2.05, 4.69) is 31.4 Å². The minimum atomic E-state index is 0.489. The fourth-order valence-corrected chi connectivity index (χ4v) is 3.94. The third-order valence-corrected chi connectivity index (χ3v) is 5.29. The van der Waals surface area contributed by atoms with Crippen LogP contribution in [0.1, 0.15) is 78.6 Å². The molecule has 0 bridgehead atoms. The predicted octanol–water partition coefficient (Wildman–Crippen LogP) is 3.86. The maximum absolute atomic E-state index is 3.94. The Morgan fingerprint density at radius 1 is 1.11 bits per heavy atom. The van der Waals surface area contributed by atoms with Crippen molar-refractivity contribution in [1.29, 1.82) is 0 Å². The van der Waals surface area contributed by atoms with Gasteiger partial charge in [0.15, 0.2) is 0 Å². The van der Waals surface area contributed by atoms with E-state index in [0.717, 1.165) is 12.1 Å². The van der Waals surface area contributed by atoms with Gasteiger partial charge in [-0.2, -0.15) is 0 Å². The molecule has 3 atom stereocenters. The van der Waals surface area contributed by atoms with Gasteiger partial charge in [-0.15, -0.1) is 0 Å². The predicted molar refractivity (Wildman–Crippen MR) is 83.5 cm³/mol. The van der Waals surface area contributed by atoms with Crippen LogP contribution in [0.2, 0.25) is 0 Å². The number of nitrogens with one attached hydrogen (secondary N) is 2. The number of hydrogen-bond acceptors (Lipinski definition) is 2. The Balaban J connectivity index is 1.77. The molecule has 0 amide bonds. The van der Waals surface area contributed by atoms with Gasteiger partial charge in [0.1, 0.15) is 0 Å². The van der Waals surface area contributed by atoms with Gasteiger partial charge in [-0.3, -0.25) is 0 Å². The van der Waals surface area contributed by atoms with Crippen molar-refractivity contribution in [3.63, 3.8) is 0 Å². The van der Waals surface area contributed by atoms with Gasteiger partial charge >= 0.3 is 0 Å². The molecule has 1 aliphatic carbocycles. The van der Waals surface area contributed by atoms with Crippen LogP contribution in [0.3, 0.4) is 0 Å². The second kappa shape index (κ2) is 7.08. The van der Waals surface area contributed by atoms with Crippen LogP contribution in [0, 0.1) is 5.41 Å².